The molecule has 0 spiro atoms. The maximum absolute atomic E-state index is 13.4. The molecule has 2 rings (SSSR count). The van der Waals surface area contributed by atoms with Crippen LogP contribution in [0.25, 0.3) is 0 Å². The fraction of sp³-hybridized carbons (Fsp3) is 0. The summed E-state index contributed by atoms with van der Waals surface area (Å²) in [4.78, 5) is 12.0. The summed E-state index contributed by atoms with van der Waals surface area (Å²) in [5, 5.41) is 3.31. The van der Waals surface area contributed by atoms with E-state index >= 15 is 0 Å². The summed E-state index contributed by atoms with van der Waals surface area (Å²) in [5.41, 5.74) is 0.893. The molecule has 2 nitrogen and oxygen atoms in total. The van der Waals surface area contributed by atoms with Crippen LogP contribution in [0.15, 0.2) is 40.9 Å². The molecule has 2 aromatic rings. The van der Waals surface area contributed by atoms with Gasteiger partial charge >= 0.3 is 0 Å². The highest BCUT2D eigenvalue weighted by Crippen LogP contribution is 2.23. The van der Waals surface area contributed by atoms with Gasteiger partial charge in [-0.05, 0) is 74.9 Å². The molecular weight excluding hydrogens is 447 g/mol. The average Bonchev–Trinajstić information content (AvgIpc) is 2.36. The largest absolute Gasteiger partial charge is 0.321 e. The van der Waals surface area contributed by atoms with Crippen molar-refractivity contribution in [2.45, 2.75) is 0 Å². The molecule has 6 heteroatoms. The van der Waals surface area contributed by atoms with Gasteiger partial charge in [-0.2, -0.15) is 0 Å². The minimum Gasteiger partial charge on any atom is -0.321 e. The number of carbonyl (C=O) groups is 1. The quantitative estimate of drug-likeness (QED) is 0.629. The topological polar surface area (TPSA) is 29.1 Å². The molecule has 0 aliphatic carbocycles. The predicted molar refractivity (Wildman–Crippen MR) is 86.2 cm³/mol. The first kappa shape index (κ1) is 14.7. The fourth-order valence-electron chi connectivity index (χ4n) is 1.42. The molecule has 1 amide bonds. The van der Waals surface area contributed by atoms with Gasteiger partial charge in [0, 0.05) is 14.2 Å². The zero-order valence-electron chi connectivity index (χ0n) is 9.38. The van der Waals surface area contributed by atoms with Crippen LogP contribution in [0.3, 0.4) is 0 Å². The van der Waals surface area contributed by atoms with E-state index in [9.17, 15) is 9.18 Å². The van der Waals surface area contributed by atoms with Crippen molar-refractivity contribution in [2.24, 2.45) is 0 Å². The van der Waals surface area contributed by atoms with Gasteiger partial charge in [-0.15, -0.1) is 0 Å². The molecule has 0 aliphatic rings. The van der Waals surface area contributed by atoms with Crippen molar-refractivity contribution in [3.05, 3.63) is 60.8 Å². The highest BCUT2D eigenvalue weighted by atomic mass is 127. The number of hydrogen-bond donors (Lipinski definition) is 1. The molecular formula is C13H7BrClFINO. The number of halogens is 4. The van der Waals surface area contributed by atoms with Gasteiger partial charge in [0.05, 0.1) is 10.2 Å². The van der Waals surface area contributed by atoms with Crippen LogP contribution >= 0.6 is 50.1 Å². The molecule has 0 saturated carbocycles. The summed E-state index contributed by atoms with van der Waals surface area (Å²) in [6.45, 7) is 0. The molecule has 0 atom stereocenters. The molecule has 0 aromatic heterocycles. The van der Waals surface area contributed by atoms with E-state index in [1.165, 1.54) is 12.1 Å². The van der Waals surface area contributed by atoms with Crippen LogP contribution < -0.4 is 5.32 Å². The highest BCUT2D eigenvalue weighted by Gasteiger charge is 2.10. The van der Waals surface area contributed by atoms with Gasteiger partial charge in [-0.1, -0.05) is 11.6 Å². The van der Waals surface area contributed by atoms with Crippen molar-refractivity contribution in [3.63, 3.8) is 0 Å². The third-order valence-electron chi connectivity index (χ3n) is 2.36. The maximum atomic E-state index is 13.4. The predicted octanol–water partition coefficient (Wildman–Crippen LogP) is 5.10. The number of amides is 1. The van der Waals surface area contributed by atoms with E-state index in [2.05, 4.69) is 43.8 Å². The van der Waals surface area contributed by atoms with Gasteiger partial charge in [0.15, 0.2) is 0 Å². The van der Waals surface area contributed by atoms with E-state index in [4.69, 9.17) is 11.6 Å². The Morgan fingerprint density at radius 2 is 2.00 bits per heavy atom. The van der Waals surface area contributed by atoms with Crippen molar-refractivity contribution >= 4 is 61.7 Å². The molecule has 0 fully saturated rings. The fourth-order valence-corrected chi connectivity index (χ4v) is 2.68. The molecule has 1 N–H and O–H groups in total. The molecule has 0 aliphatic heterocycles. The smallest absolute Gasteiger partial charge is 0.255 e. The molecule has 0 radical (unpaired) electrons. The monoisotopic (exact) mass is 453 g/mol. The minimum atomic E-state index is -0.474. The second-order valence-corrected chi connectivity index (χ2v) is 6.16. The summed E-state index contributed by atoms with van der Waals surface area (Å²) in [6.07, 6.45) is 0. The van der Waals surface area contributed by atoms with Crippen LogP contribution in [0.2, 0.25) is 5.02 Å². The molecule has 2 aromatic carbocycles. The Labute approximate surface area is 136 Å². The standard InChI is InChI=1S/C13H7BrClFINO/c14-9-3-1-7(5-10(9)16)13(19)18-12-4-2-8(15)6-11(12)17/h1-6H,(H,18,19). The Morgan fingerprint density at radius 1 is 1.26 bits per heavy atom. The van der Waals surface area contributed by atoms with Crippen molar-refractivity contribution in [2.75, 3.05) is 5.32 Å². The first-order valence-electron chi connectivity index (χ1n) is 5.19. The molecule has 0 unspecified atom stereocenters. The Morgan fingerprint density at radius 3 is 2.63 bits per heavy atom. The maximum Gasteiger partial charge on any atom is 0.255 e. The van der Waals surface area contributed by atoms with Crippen LogP contribution in [-0.2, 0) is 0 Å². The zero-order valence-corrected chi connectivity index (χ0v) is 13.9. The second kappa shape index (κ2) is 6.19. The number of benzene rings is 2. The zero-order chi connectivity index (χ0) is 14.0. The van der Waals surface area contributed by atoms with Crippen molar-refractivity contribution in [3.8, 4) is 0 Å². The van der Waals surface area contributed by atoms with Gasteiger partial charge in [0.1, 0.15) is 5.82 Å². The van der Waals surface area contributed by atoms with Gasteiger partial charge in [0.25, 0.3) is 5.91 Å². The number of rotatable bonds is 2. The third-order valence-corrected chi connectivity index (χ3v) is 4.13. The van der Waals surface area contributed by atoms with E-state index in [1.54, 1.807) is 24.3 Å². The molecule has 98 valence electrons. The van der Waals surface area contributed by atoms with Crippen LogP contribution in [0, 0.1) is 9.39 Å². The first-order chi connectivity index (χ1) is 8.97. The lowest BCUT2D eigenvalue weighted by atomic mass is 10.2. The summed E-state index contributed by atoms with van der Waals surface area (Å²) in [6, 6.07) is 9.35. The average molecular weight is 454 g/mol. The van der Waals surface area contributed by atoms with Gasteiger partial charge in [-0.3, -0.25) is 4.79 Å². The van der Waals surface area contributed by atoms with Crippen LogP contribution in [0.5, 0.6) is 0 Å². The lowest BCUT2D eigenvalue weighted by Crippen LogP contribution is -2.13. The molecule has 19 heavy (non-hydrogen) atoms. The van der Waals surface area contributed by atoms with E-state index in [1.807, 2.05) is 0 Å². The molecule has 0 heterocycles. The normalized spacial score (nSPS) is 10.3. The lowest BCUT2D eigenvalue weighted by Gasteiger charge is -2.08. The number of anilines is 1. The Balaban J connectivity index is 2.23. The van der Waals surface area contributed by atoms with Gasteiger partial charge in [0.2, 0.25) is 0 Å². The van der Waals surface area contributed by atoms with Gasteiger partial charge in [-0.25, -0.2) is 4.39 Å². The van der Waals surface area contributed by atoms with Crippen LogP contribution in [-0.4, -0.2) is 5.91 Å². The van der Waals surface area contributed by atoms with Gasteiger partial charge < -0.3 is 5.32 Å². The van der Waals surface area contributed by atoms with E-state index in [0.717, 1.165) is 3.57 Å². The first-order valence-corrected chi connectivity index (χ1v) is 7.44. The Kier molecular flexibility index (Phi) is 4.81. The van der Waals surface area contributed by atoms with Crippen molar-refractivity contribution < 1.29 is 9.18 Å². The van der Waals surface area contributed by atoms with Crippen LogP contribution in [0.4, 0.5) is 10.1 Å². The van der Waals surface area contributed by atoms with E-state index < -0.39 is 5.82 Å². The summed E-state index contributed by atoms with van der Waals surface area (Å²) >= 11 is 10.9. The number of carbonyl (C=O) groups excluding carboxylic acids is 1. The Hall–Kier alpha value is -0.660. The van der Waals surface area contributed by atoms with Crippen molar-refractivity contribution in [1.29, 1.82) is 0 Å². The number of nitrogens with one attached hydrogen (secondary N) is 1. The Bertz CT molecular complexity index is 651. The van der Waals surface area contributed by atoms with Crippen molar-refractivity contribution in [1.82, 2.24) is 0 Å². The molecule has 0 bridgehead atoms. The molecule has 0 saturated heterocycles. The SMILES string of the molecule is O=C(Nc1ccc(Cl)cc1I)c1ccc(Br)c(F)c1. The third kappa shape index (κ3) is 3.67. The van der Waals surface area contributed by atoms with E-state index in [0.29, 0.717) is 15.2 Å². The summed E-state index contributed by atoms with van der Waals surface area (Å²) in [7, 11) is 0. The highest BCUT2D eigenvalue weighted by molar-refractivity contribution is 14.1. The second-order valence-electron chi connectivity index (χ2n) is 3.71. The number of hydrogen-bond acceptors (Lipinski definition) is 1. The van der Waals surface area contributed by atoms with Crippen LogP contribution in [0.1, 0.15) is 10.4 Å². The summed E-state index contributed by atoms with van der Waals surface area (Å²) in [5.74, 6) is -0.843. The lowest BCUT2D eigenvalue weighted by molar-refractivity contribution is 0.102. The minimum absolute atomic E-state index is 0.256. The van der Waals surface area contributed by atoms with E-state index in [-0.39, 0.29) is 11.5 Å². The summed E-state index contributed by atoms with van der Waals surface area (Å²) < 4.78 is 14.5.